The second-order valence-electron chi connectivity index (χ2n) is 1.71. The SMILES string of the molecule is P#C[C@@H]1C[C@@H]1C#P. The molecule has 2 heteroatoms. The third kappa shape index (κ3) is 1.16. The first-order valence-corrected chi connectivity index (χ1v) is 3.07. The first kappa shape index (κ1) is 5.55. The first-order chi connectivity index (χ1) is 3.38. The quantitative estimate of drug-likeness (QED) is 0.437. The zero-order valence-corrected chi connectivity index (χ0v) is 5.55. The van der Waals surface area contributed by atoms with Crippen LogP contribution >= 0.6 is 17.4 Å². The molecule has 0 amide bonds. The van der Waals surface area contributed by atoms with Crippen molar-refractivity contribution in [2.75, 3.05) is 0 Å². The summed E-state index contributed by atoms with van der Waals surface area (Å²) < 4.78 is 0. The zero-order valence-electron chi connectivity index (χ0n) is 3.76. The van der Waals surface area contributed by atoms with Crippen LogP contribution in [0.25, 0.3) is 0 Å². The predicted octanol–water partition coefficient (Wildman–Crippen LogP) is 2.36. The second-order valence-corrected chi connectivity index (χ2v) is 2.22. The Balaban J connectivity index is 2.39. The maximum absolute atomic E-state index is 3.87. The van der Waals surface area contributed by atoms with Gasteiger partial charge < -0.3 is 0 Å². The van der Waals surface area contributed by atoms with Gasteiger partial charge in [0.25, 0.3) is 0 Å². The van der Waals surface area contributed by atoms with Crippen molar-refractivity contribution in [1.29, 1.82) is 0 Å². The van der Waals surface area contributed by atoms with Crippen LogP contribution in [0.5, 0.6) is 0 Å². The summed E-state index contributed by atoms with van der Waals surface area (Å²) in [4.78, 5) is 0. The summed E-state index contributed by atoms with van der Waals surface area (Å²) in [5, 5.41) is 0. The molecule has 0 unspecified atom stereocenters. The van der Waals surface area contributed by atoms with E-state index in [1.807, 2.05) is 0 Å². The van der Waals surface area contributed by atoms with Gasteiger partial charge in [0.2, 0.25) is 0 Å². The summed E-state index contributed by atoms with van der Waals surface area (Å²) in [5.41, 5.74) is 5.65. The molecule has 0 bridgehead atoms. The van der Waals surface area contributed by atoms with Crippen LogP contribution in [0.3, 0.4) is 0 Å². The van der Waals surface area contributed by atoms with Crippen LogP contribution in [-0.4, -0.2) is 0 Å². The van der Waals surface area contributed by atoms with Gasteiger partial charge in [0.15, 0.2) is 0 Å². The van der Waals surface area contributed by atoms with Gasteiger partial charge in [-0.15, -0.1) is 0 Å². The van der Waals surface area contributed by atoms with Crippen molar-refractivity contribution in [3.05, 3.63) is 0 Å². The van der Waals surface area contributed by atoms with Crippen LogP contribution in [0.4, 0.5) is 0 Å². The summed E-state index contributed by atoms with van der Waals surface area (Å²) >= 11 is 0. The molecule has 0 heterocycles. The molecule has 7 heavy (non-hydrogen) atoms. The van der Waals surface area contributed by atoms with Gasteiger partial charge in [-0.05, 0) is 0 Å². The van der Waals surface area contributed by atoms with E-state index in [1.54, 1.807) is 0 Å². The molecule has 0 aliphatic heterocycles. The van der Waals surface area contributed by atoms with Crippen molar-refractivity contribution in [2.45, 2.75) is 6.42 Å². The molecule has 0 spiro atoms. The van der Waals surface area contributed by atoms with E-state index in [1.165, 1.54) is 0 Å². The van der Waals surface area contributed by atoms with Gasteiger partial charge >= 0.3 is 46.9 Å². The maximum atomic E-state index is 3.87. The summed E-state index contributed by atoms with van der Waals surface area (Å²) in [7, 11) is 7.73. The van der Waals surface area contributed by atoms with Crippen LogP contribution in [0.15, 0.2) is 0 Å². The standard InChI is InChI=1S/C5H4P2/c6-2-4-1-5(4)3-7/h4-5H,1H2/t4-,5+. The van der Waals surface area contributed by atoms with E-state index in [-0.39, 0.29) is 0 Å². The monoisotopic (exact) mass is 126 g/mol. The molecule has 34 valence electrons. The van der Waals surface area contributed by atoms with E-state index >= 15 is 0 Å². The van der Waals surface area contributed by atoms with E-state index in [0.29, 0.717) is 11.8 Å². The van der Waals surface area contributed by atoms with Gasteiger partial charge in [0, 0.05) is 0 Å². The Hall–Kier alpha value is 0.420. The van der Waals surface area contributed by atoms with E-state index in [0.717, 1.165) is 6.42 Å². The predicted molar refractivity (Wildman–Crippen MR) is 33.2 cm³/mol. The minimum absolute atomic E-state index is 0.542. The fourth-order valence-corrected chi connectivity index (χ4v) is 1.05. The fraction of sp³-hybridized carbons (Fsp3) is 0.600. The molecule has 0 N–H and O–H groups in total. The minimum atomic E-state index is 0.542. The van der Waals surface area contributed by atoms with Crippen molar-refractivity contribution >= 4 is 17.4 Å². The van der Waals surface area contributed by atoms with Crippen molar-refractivity contribution in [2.24, 2.45) is 11.8 Å². The first-order valence-electron chi connectivity index (χ1n) is 2.17. The molecule has 2 atom stereocenters. The summed E-state index contributed by atoms with van der Waals surface area (Å²) in [6.45, 7) is 0. The molecule has 1 rings (SSSR count). The van der Waals surface area contributed by atoms with E-state index in [4.69, 9.17) is 0 Å². The van der Waals surface area contributed by atoms with Gasteiger partial charge in [-0.25, -0.2) is 0 Å². The summed E-state index contributed by atoms with van der Waals surface area (Å²) in [6.07, 6.45) is 1.15. The third-order valence-corrected chi connectivity index (χ3v) is 1.79. The number of hydrogen-bond donors (Lipinski definition) is 0. The number of rotatable bonds is 0. The van der Waals surface area contributed by atoms with Crippen molar-refractivity contribution in [1.82, 2.24) is 0 Å². The molecule has 1 aliphatic rings. The van der Waals surface area contributed by atoms with Crippen LogP contribution in [0, 0.1) is 23.1 Å². The Morgan fingerprint density at radius 1 is 1.14 bits per heavy atom. The van der Waals surface area contributed by atoms with Crippen molar-refractivity contribution in [3.63, 3.8) is 0 Å². The Labute approximate surface area is 47.7 Å². The Bertz CT molecular complexity index is 130. The molecular weight excluding hydrogens is 122 g/mol. The normalized spacial score (nSPS) is 35.7. The molecular formula is C5H4P2. The van der Waals surface area contributed by atoms with Gasteiger partial charge in [0.05, 0.1) is 0 Å². The molecule has 0 aromatic heterocycles. The van der Waals surface area contributed by atoms with Crippen LogP contribution in [0.2, 0.25) is 0 Å². The molecule has 1 saturated carbocycles. The molecule has 0 nitrogen and oxygen atoms in total. The van der Waals surface area contributed by atoms with E-state index < -0.39 is 0 Å². The van der Waals surface area contributed by atoms with E-state index in [2.05, 4.69) is 28.6 Å². The average Bonchev–Trinajstić information content (AvgIpc) is 2.43. The number of hydrogen-bond acceptors (Lipinski definition) is 0. The Kier molecular flexibility index (Phi) is 1.69. The zero-order chi connectivity index (χ0) is 5.28. The van der Waals surface area contributed by atoms with Crippen molar-refractivity contribution < 1.29 is 0 Å². The molecule has 1 fully saturated rings. The van der Waals surface area contributed by atoms with Crippen LogP contribution in [0.1, 0.15) is 6.42 Å². The van der Waals surface area contributed by atoms with Gasteiger partial charge in [-0.1, -0.05) is 0 Å². The van der Waals surface area contributed by atoms with Crippen LogP contribution < -0.4 is 0 Å². The van der Waals surface area contributed by atoms with Gasteiger partial charge in [0.1, 0.15) is 0 Å². The van der Waals surface area contributed by atoms with Crippen LogP contribution in [-0.2, 0) is 0 Å². The summed E-state index contributed by atoms with van der Waals surface area (Å²) in [6, 6.07) is 0. The molecule has 0 saturated heterocycles. The summed E-state index contributed by atoms with van der Waals surface area (Å²) in [5.74, 6) is 1.08. The van der Waals surface area contributed by atoms with Gasteiger partial charge in [-0.3, -0.25) is 0 Å². The third-order valence-electron chi connectivity index (χ3n) is 1.12. The fourth-order valence-electron chi connectivity index (χ4n) is 0.480. The molecule has 0 radical (unpaired) electrons. The van der Waals surface area contributed by atoms with E-state index in [9.17, 15) is 0 Å². The molecule has 0 aromatic carbocycles. The molecule has 1 aliphatic carbocycles. The Morgan fingerprint density at radius 2 is 1.57 bits per heavy atom. The molecule has 0 aromatic rings. The Morgan fingerprint density at radius 3 is 1.71 bits per heavy atom. The second kappa shape index (κ2) is 2.13. The topological polar surface area (TPSA) is 0 Å². The average molecular weight is 126 g/mol. The van der Waals surface area contributed by atoms with Crippen molar-refractivity contribution in [3.8, 4) is 11.3 Å². The van der Waals surface area contributed by atoms with Gasteiger partial charge in [-0.2, -0.15) is 0 Å².